The molecule has 4 heterocycles. The second-order valence-electron chi connectivity index (χ2n) is 9.14. The quantitative estimate of drug-likeness (QED) is 0.419. The predicted molar refractivity (Wildman–Crippen MR) is 144 cm³/mol. The van der Waals surface area contributed by atoms with Crippen LogP contribution < -0.4 is 15.4 Å². The van der Waals surface area contributed by atoms with Crippen molar-refractivity contribution in [2.24, 2.45) is 5.92 Å². The van der Waals surface area contributed by atoms with Crippen LogP contribution in [0.5, 0.6) is 11.5 Å². The summed E-state index contributed by atoms with van der Waals surface area (Å²) in [5.41, 5.74) is 1.02. The maximum Gasteiger partial charge on any atom is 0.264 e. The SMILES string of the molecule is O=C(CC1CCOCC1)NC(=S)Nc1ccc(Oc2ccnc3cc(C(=O)N4CCCC4)sc23)c(F)c1. The molecule has 3 aromatic rings. The van der Waals surface area contributed by atoms with Gasteiger partial charge in [-0.25, -0.2) is 4.39 Å². The molecule has 37 heavy (non-hydrogen) atoms. The Kier molecular flexibility index (Phi) is 7.92. The van der Waals surface area contributed by atoms with E-state index >= 15 is 0 Å². The molecule has 194 valence electrons. The highest BCUT2D eigenvalue weighted by atomic mass is 32.1. The lowest BCUT2D eigenvalue weighted by Gasteiger charge is -2.21. The van der Waals surface area contributed by atoms with Gasteiger partial charge < -0.3 is 25.0 Å². The van der Waals surface area contributed by atoms with E-state index in [4.69, 9.17) is 21.7 Å². The van der Waals surface area contributed by atoms with Crippen molar-refractivity contribution < 1.29 is 23.5 Å². The molecule has 2 aliphatic rings. The number of thiocarbonyl (C=S) groups is 1. The molecule has 0 atom stereocenters. The van der Waals surface area contributed by atoms with E-state index in [9.17, 15) is 14.0 Å². The summed E-state index contributed by atoms with van der Waals surface area (Å²) in [6.45, 7) is 2.87. The third kappa shape index (κ3) is 6.23. The van der Waals surface area contributed by atoms with E-state index in [0.29, 0.717) is 46.2 Å². The van der Waals surface area contributed by atoms with Crippen LogP contribution in [-0.2, 0) is 9.53 Å². The molecule has 5 rings (SSSR count). The first-order valence-electron chi connectivity index (χ1n) is 12.3. The summed E-state index contributed by atoms with van der Waals surface area (Å²) in [5.74, 6) is -0.0627. The lowest BCUT2D eigenvalue weighted by molar-refractivity contribution is -0.121. The summed E-state index contributed by atoms with van der Waals surface area (Å²) >= 11 is 6.51. The van der Waals surface area contributed by atoms with Crippen LogP contribution in [0.2, 0.25) is 0 Å². The van der Waals surface area contributed by atoms with Gasteiger partial charge in [-0.15, -0.1) is 11.3 Å². The molecule has 11 heteroatoms. The van der Waals surface area contributed by atoms with Crippen molar-refractivity contribution in [3.63, 3.8) is 0 Å². The van der Waals surface area contributed by atoms with Gasteiger partial charge in [-0.3, -0.25) is 14.6 Å². The molecule has 0 spiro atoms. The van der Waals surface area contributed by atoms with Crippen LogP contribution in [0.3, 0.4) is 0 Å². The highest BCUT2D eigenvalue weighted by Gasteiger charge is 2.23. The van der Waals surface area contributed by atoms with Crippen LogP contribution in [0.4, 0.5) is 10.1 Å². The average Bonchev–Trinajstić information content (AvgIpc) is 3.57. The monoisotopic (exact) mass is 542 g/mol. The number of nitrogens with zero attached hydrogens (tertiary/aromatic N) is 2. The van der Waals surface area contributed by atoms with Gasteiger partial charge in [0.25, 0.3) is 5.91 Å². The Morgan fingerprint density at radius 3 is 2.70 bits per heavy atom. The molecule has 0 saturated carbocycles. The van der Waals surface area contributed by atoms with Gasteiger partial charge in [0.1, 0.15) is 5.75 Å². The van der Waals surface area contributed by atoms with Gasteiger partial charge in [0.05, 0.1) is 15.1 Å². The number of carbonyl (C=O) groups excluding carboxylic acids is 2. The standard InChI is InChI=1S/C26H27FN4O4S2/c27-18-14-17(29-26(36)30-23(32)13-16-6-11-34-12-7-16)3-4-20(18)35-21-5-8-28-19-15-22(37-24(19)21)25(33)31-9-1-2-10-31/h3-5,8,14-16H,1-2,6-7,9-13H2,(H2,29,30,32,36). The molecule has 2 amide bonds. The number of rotatable bonds is 6. The molecule has 2 aromatic heterocycles. The highest BCUT2D eigenvalue weighted by Crippen LogP contribution is 2.36. The first-order valence-corrected chi connectivity index (χ1v) is 13.5. The number of fused-ring (bicyclic) bond motifs is 1. The zero-order chi connectivity index (χ0) is 25.8. The highest BCUT2D eigenvalue weighted by molar-refractivity contribution is 7.80. The zero-order valence-corrected chi connectivity index (χ0v) is 21.8. The fraction of sp³-hybridized carbons (Fsp3) is 0.385. The minimum Gasteiger partial charge on any atom is -0.453 e. The van der Waals surface area contributed by atoms with Crippen molar-refractivity contribution >= 4 is 56.4 Å². The van der Waals surface area contributed by atoms with E-state index < -0.39 is 5.82 Å². The number of benzene rings is 1. The first-order chi connectivity index (χ1) is 18.0. The molecular weight excluding hydrogens is 515 g/mol. The number of thiophene rings is 1. The maximum absolute atomic E-state index is 14.9. The van der Waals surface area contributed by atoms with E-state index in [0.717, 1.165) is 38.8 Å². The van der Waals surface area contributed by atoms with Crippen LogP contribution in [0, 0.1) is 11.7 Å². The lowest BCUT2D eigenvalue weighted by Crippen LogP contribution is -2.35. The molecule has 0 bridgehead atoms. The minimum absolute atomic E-state index is 0.0103. The third-order valence-electron chi connectivity index (χ3n) is 6.46. The summed E-state index contributed by atoms with van der Waals surface area (Å²) in [4.78, 5) is 31.8. The summed E-state index contributed by atoms with van der Waals surface area (Å²) in [6.07, 6.45) is 5.68. The molecule has 8 nitrogen and oxygen atoms in total. The molecule has 0 unspecified atom stereocenters. The predicted octanol–water partition coefficient (Wildman–Crippen LogP) is 5.09. The number of hydrogen-bond acceptors (Lipinski definition) is 7. The summed E-state index contributed by atoms with van der Waals surface area (Å²) in [5, 5.41) is 5.60. The normalized spacial score (nSPS) is 16.1. The van der Waals surface area contributed by atoms with E-state index in [1.54, 1.807) is 24.4 Å². The Morgan fingerprint density at radius 2 is 1.95 bits per heavy atom. The van der Waals surface area contributed by atoms with Crippen molar-refractivity contribution in [2.75, 3.05) is 31.6 Å². The second-order valence-corrected chi connectivity index (χ2v) is 10.6. The number of aromatic nitrogens is 1. The van der Waals surface area contributed by atoms with E-state index in [-0.39, 0.29) is 28.6 Å². The topological polar surface area (TPSA) is 92.8 Å². The van der Waals surface area contributed by atoms with Crippen molar-refractivity contribution in [2.45, 2.75) is 32.1 Å². The van der Waals surface area contributed by atoms with Crippen molar-refractivity contribution in [3.05, 3.63) is 47.2 Å². The van der Waals surface area contributed by atoms with E-state index in [1.807, 2.05) is 4.90 Å². The molecule has 2 aliphatic heterocycles. The molecule has 0 radical (unpaired) electrons. The number of nitrogens with one attached hydrogen (secondary N) is 2. The Hall–Kier alpha value is -3.15. The molecular formula is C26H27FN4O4S2. The van der Waals surface area contributed by atoms with Gasteiger partial charge in [-0.2, -0.15) is 0 Å². The number of ether oxygens (including phenoxy) is 2. The fourth-order valence-electron chi connectivity index (χ4n) is 4.51. The largest absolute Gasteiger partial charge is 0.453 e. The van der Waals surface area contributed by atoms with Crippen LogP contribution in [0.1, 0.15) is 41.8 Å². The maximum atomic E-state index is 14.9. The molecule has 2 N–H and O–H groups in total. The van der Waals surface area contributed by atoms with Gasteiger partial charge in [0.2, 0.25) is 5.91 Å². The molecule has 0 aliphatic carbocycles. The summed E-state index contributed by atoms with van der Waals surface area (Å²) < 4.78 is 26.8. The van der Waals surface area contributed by atoms with Crippen LogP contribution in [0.25, 0.3) is 10.2 Å². The van der Waals surface area contributed by atoms with Gasteiger partial charge in [-0.1, -0.05) is 0 Å². The van der Waals surface area contributed by atoms with Gasteiger partial charge >= 0.3 is 0 Å². The van der Waals surface area contributed by atoms with Crippen molar-refractivity contribution in [3.8, 4) is 11.5 Å². The van der Waals surface area contributed by atoms with Crippen molar-refractivity contribution in [1.82, 2.24) is 15.2 Å². The summed E-state index contributed by atoms with van der Waals surface area (Å²) in [6, 6.07) is 7.76. The van der Waals surface area contributed by atoms with Gasteiger partial charge in [0, 0.05) is 56.7 Å². The third-order valence-corrected chi connectivity index (χ3v) is 7.79. The lowest BCUT2D eigenvalue weighted by atomic mass is 9.96. The average molecular weight is 543 g/mol. The van der Waals surface area contributed by atoms with E-state index in [2.05, 4.69) is 15.6 Å². The van der Waals surface area contributed by atoms with Crippen LogP contribution in [0.15, 0.2) is 36.5 Å². The van der Waals surface area contributed by atoms with Crippen LogP contribution in [-0.4, -0.2) is 53.1 Å². The molecule has 2 saturated heterocycles. The first kappa shape index (κ1) is 25.5. The Balaban J connectivity index is 1.22. The Morgan fingerprint density at radius 1 is 1.16 bits per heavy atom. The molecule has 1 aromatic carbocycles. The van der Waals surface area contributed by atoms with Gasteiger partial charge in [-0.05, 0) is 62.0 Å². The van der Waals surface area contributed by atoms with Crippen LogP contribution >= 0.6 is 23.6 Å². The van der Waals surface area contributed by atoms with Crippen molar-refractivity contribution in [1.29, 1.82) is 0 Å². The Labute approximate surface area is 223 Å². The smallest absolute Gasteiger partial charge is 0.264 e. The second kappa shape index (κ2) is 11.5. The fourth-order valence-corrected chi connectivity index (χ4v) is 5.77. The zero-order valence-electron chi connectivity index (χ0n) is 20.1. The van der Waals surface area contributed by atoms with Gasteiger partial charge in [0.15, 0.2) is 16.7 Å². The number of likely N-dealkylation sites (tertiary alicyclic amines) is 1. The Bertz CT molecular complexity index is 1320. The summed E-state index contributed by atoms with van der Waals surface area (Å²) in [7, 11) is 0. The number of hydrogen-bond donors (Lipinski definition) is 2. The number of halogens is 1. The number of carbonyl (C=O) groups is 2. The molecule has 2 fully saturated rings. The minimum atomic E-state index is -0.601. The number of pyridine rings is 1. The number of amides is 2. The number of anilines is 1. The van der Waals surface area contributed by atoms with E-state index in [1.165, 1.54) is 23.5 Å².